The fourth-order valence-corrected chi connectivity index (χ4v) is 3.86. The minimum Gasteiger partial charge on any atom is -0.379 e. The Morgan fingerprint density at radius 1 is 1.27 bits per heavy atom. The normalized spacial score (nSPS) is 19.3. The molecule has 1 aliphatic heterocycles. The first-order valence-corrected chi connectivity index (χ1v) is 9.32. The number of nitrogens with one attached hydrogen (secondary N) is 1. The van der Waals surface area contributed by atoms with Gasteiger partial charge in [-0.05, 0) is 49.2 Å². The van der Waals surface area contributed by atoms with Gasteiger partial charge in [0.1, 0.15) is 0 Å². The van der Waals surface area contributed by atoms with Gasteiger partial charge in [0.25, 0.3) is 5.91 Å². The number of benzene rings is 2. The summed E-state index contributed by atoms with van der Waals surface area (Å²) in [6.45, 7) is 3.76. The molecule has 2 heterocycles. The molecule has 7 heteroatoms. The van der Waals surface area contributed by atoms with Crippen LogP contribution in [0.15, 0.2) is 47.6 Å². The van der Waals surface area contributed by atoms with Crippen molar-refractivity contribution in [3.05, 3.63) is 58.6 Å². The second-order valence-corrected chi connectivity index (χ2v) is 7.96. The molecule has 4 rings (SSSR count). The number of carbonyl (C=O) groups is 1. The van der Waals surface area contributed by atoms with Crippen molar-refractivity contribution < 1.29 is 9.63 Å². The van der Waals surface area contributed by atoms with Crippen LogP contribution in [0.5, 0.6) is 0 Å². The molecule has 3 aromatic rings. The van der Waals surface area contributed by atoms with Crippen LogP contribution in [0.1, 0.15) is 24.5 Å². The Hall–Kier alpha value is -2.44. The summed E-state index contributed by atoms with van der Waals surface area (Å²) in [5, 5.41) is 8.17. The summed E-state index contributed by atoms with van der Waals surface area (Å²) in [6.07, 6.45) is 0.379. The Morgan fingerprint density at radius 2 is 2.04 bits per heavy atom. The van der Waals surface area contributed by atoms with Gasteiger partial charge in [0, 0.05) is 11.4 Å². The molecule has 1 N–H and O–H groups in total. The van der Waals surface area contributed by atoms with Crippen LogP contribution in [-0.2, 0) is 9.63 Å². The molecule has 1 aliphatic rings. The van der Waals surface area contributed by atoms with Gasteiger partial charge in [-0.25, -0.2) is 4.98 Å². The summed E-state index contributed by atoms with van der Waals surface area (Å²) in [5.74, 6) is -0.263. The Labute approximate surface area is 159 Å². The predicted molar refractivity (Wildman–Crippen MR) is 105 cm³/mol. The number of aryl methyl sites for hydroxylation is 1. The third kappa shape index (κ3) is 3.18. The first-order chi connectivity index (χ1) is 12.4. The molecule has 0 radical (unpaired) electrons. The van der Waals surface area contributed by atoms with Crippen molar-refractivity contribution in [1.29, 1.82) is 0 Å². The van der Waals surface area contributed by atoms with E-state index in [4.69, 9.17) is 16.4 Å². The van der Waals surface area contributed by atoms with Gasteiger partial charge in [-0.3, -0.25) is 10.1 Å². The molecule has 0 fully saturated rings. The van der Waals surface area contributed by atoms with E-state index < -0.39 is 5.60 Å². The lowest BCUT2D eigenvalue weighted by Crippen LogP contribution is -2.40. The number of hydrogen-bond acceptors (Lipinski definition) is 5. The summed E-state index contributed by atoms with van der Waals surface area (Å²) >= 11 is 7.36. The zero-order valence-electron chi connectivity index (χ0n) is 14.2. The summed E-state index contributed by atoms with van der Waals surface area (Å²) in [5.41, 5.74) is 2.57. The van der Waals surface area contributed by atoms with Crippen LogP contribution in [-0.4, -0.2) is 22.2 Å². The van der Waals surface area contributed by atoms with Crippen molar-refractivity contribution in [1.82, 2.24) is 4.98 Å². The van der Waals surface area contributed by atoms with Crippen LogP contribution in [0, 0.1) is 6.92 Å². The highest BCUT2D eigenvalue weighted by Gasteiger charge is 2.42. The first kappa shape index (κ1) is 17.0. The molecule has 2 aromatic carbocycles. The molecule has 1 aromatic heterocycles. The molecular formula is C19H16ClN3O2S. The average Bonchev–Trinajstić information content (AvgIpc) is 3.19. The predicted octanol–water partition coefficient (Wildman–Crippen LogP) is 4.78. The molecule has 0 saturated carbocycles. The molecule has 1 unspecified atom stereocenters. The minimum absolute atomic E-state index is 0.263. The number of halogens is 1. The molecule has 0 spiro atoms. The fourth-order valence-electron chi connectivity index (χ4n) is 2.77. The van der Waals surface area contributed by atoms with E-state index >= 15 is 0 Å². The molecule has 0 bridgehead atoms. The zero-order chi connectivity index (χ0) is 18.3. The maximum Gasteiger partial charge on any atom is 0.273 e. The number of hydrogen-bond donors (Lipinski definition) is 1. The van der Waals surface area contributed by atoms with Crippen molar-refractivity contribution >= 4 is 49.9 Å². The third-order valence-electron chi connectivity index (χ3n) is 4.28. The van der Waals surface area contributed by atoms with Crippen LogP contribution in [0.25, 0.3) is 10.2 Å². The fraction of sp³-hybridized carbons (Fsp3) is 0.211. The van der Waals surface area contributed by atoms with E-state index in [1.54, 1.807) is 19.1 Å². The van der Waals surface area contributed by atoms with Gasteiger partial charge in [-0.2, -0.15) is 0 Å². The Kier molecular flexibility index (Phi) is 4.17. The highest BCUT2D eigenvalue weighted by molar-refractivity contribution is 7.22. The van der Waals surface area contributed by atoms with E-state index in [9.17, 15) is 4.79 Å². The summed E-state index contributed by atoms with van der Waals surface area (Å²) in [7, 11) is 0. The SMILES string of the molecule is Cc1ccc2nc(NC(=O)C3(C)CC(c4ccc(Cl)cc4)=NO3)sc2c1. The molecular weight excluding hydrogens is 370 g/mol. The maximum atomic E-state index is 12.7. The molecule has 1 amide bonds. The molecule has 0 aliphatic carbocycles. The Bertz CT molecular complexity index is 1030. The van der Waals surface area contributed by atoms with Gasteiger partial charge >= 0.3 is 0 Å². The van der Waals surface area contributed by atoms with E-state index in [2.05, 4.69) is 21.5 Å². The summed E-state index contributed by atoms with van der Waals surface area (Å²) < 4.78 is 1.04. The average molecular weight is 386 g/mol. The summed E-state index contributed by atoms with van der Waals surface area (Å²) in [6, 6.07) is 13.3. The number of carbonyl (C=O) groups excluding carboxylic acids is 1. The number of oxime groups is 1. The molecule has 1 atom stereocenters. The minimum atomic E-state index is -1.07. The van der Waals surface area contributed by atoms with Crippen LogP contribution >= 0.6 is 22.9 Å². The Balaban J connectivity index is 1.50. The lowest BCUT2D eigenvalue weighted by molar-refractivity contribution is -0.135. The molecule has 0 saturated heterocycles. The molecule has 132 valence electrons. The van der Waals surface area contributed by atoms with Crippen molar-refractivity contribution in [2.75, 3.05) is 5.32 Å². The van der Waals surface area contributed by atoms with Gasteiger partial charge in [0.15, 0.2) is 5.13 Å². The zero-order valence-corrected chi connectivity index (χ0v) is 15.8. The number of nitrogens with zero attached hydrogens (tertiary/aromatic N) is 2. The van der Waals surface area contributed by atoms with Crippen molar-refractivity contribution in [3.8, 4) is 0 Å². The van der Waals surface area contributed by atoms with E-state index in [1.807, 2.05) is 31.2 Å². The second kappa shape index (κ2) is 6.37. The van der Waals surface area contributed by atoms with Gasteiger partial charge in [-0.15, -0.1) is 0 Å². The maximum absolute atomic E-state index is 12.7. The Morgan fingerprint density at radius 3 is 2.81 bits per heavy atom. The van der Waals surface area contributed by atoms with Gasteiger partial charge in [0.2, 0.25) is 5.60 Å². The van der Waals surface area contributed by atoms with Crippen molar-refractivity contribution in [2.45, 2.75) is 25.9 Å². The van der Waals surface area contributed by atoms with Gasteiger partial charge in [0.05, 0.1) is 15.9 Å². The van der Waals surface area contributed by atoms with Crippen molar-refractivity contribution in [3.63, 3.8) is 0 Å². The topological polar surface area (TPSA) is 63.6 Å². The van der Waals surface area contributed by atoms with E-state index in [0.717, 1.165) is 27.1 Å². The highest BCUT2D eigenvalue weighted by atomic mass is 35.5. The largest absolute Gasteiger partial charge is 0.379 e. The second-order valence-electron chi connectivity index (χ2n) is 6.49. The lowest BCUT2D eigenvalue weighted by atomic mass is 9.95. The van der Waals surface area contributed by atoms with E-state index in [1.165, 1.54) is 11.3 Å². The van der Waals surface area contributed by atoms with E-state index in [-0.39, 0.29) is 5.91 Å². The van der Waals surface area contributed by atoms with Crippen LogP contribution in [0.2, 0.25) is 5.02 Å². The number of thiazole rings is 1. The van der Waals surface area contributed by atoms with Gasteiger partial charge < -0.3 is 4.84 Å². The van der Waals surface area contributed by atoms with Gasteiger partial charge in [-0.1, -0.05) is 46.3 Å². The van der Waals surface area contributed by atoms with Crippen LogP contribution < -0.4 is 5.32 Å². The van der Waals surface area contributed by atoms with Crippen molar-refractivity contribution in [2.24, 2.45) is 5.16 Å². The lowest BCUT2D eigenvalue weighted by Gasteiger charge is -2.19. The number of aromatic nitrogens is 1. The van der Waals surface area contributed by atoms with E-state index in [0.29, 0.717) is 16.6 Å². The number of amides is 1. The quantitative estimate of drug-likeness (QED) is 0.705. The number of rotatable bonds is 3. The number of anilines is 1. The van der Waals surface area contributed by atoms with Crippen LogP contribution in [0.4, 0.5) is 5.13 Å². The summed E-state index contributed by atoms with van der Waals surface area (Å²) in [4.78, 5) is 22.7. The van der Waals surface area contributed by atoms with Crippen LogP contribution in [0.3, 0.4) is 0 Å². The monoisotopic (exact) mass is 385 g/mol. The third-order valence-corrected chi connectivity index (χ3v) is 5.47. The molecule has 5 nitrogen and oxygen atoms in total. The standard InChI is InChI=1S/C19H16ClN3O2S/c1-11-3-8-14-16(9-11)26-18(21-14)22-17(24)19(2)10-15(23-25-19)12-4-6-13(20)7-5-12/h3-9H,10H2,1-2H3,(H,21,22,24). The number of fused-ring (bicyclic) bond motifs is 1. The highest BCUT2D eigenvalue weighted by Crippen LogP contribution is 2.31. The smallest absolute Gasteiger partial charge is 0.273 e. The first-order valence-electron chi connectivity index (χ1n) is 8.13. The molecule has 26 heavy (non-hydrogen) atoms.